The fourth-order valence-electron chi connectivity index (χ4n) is 5.62. The Morgan fingerprint density at radius 2 is 1.63 bits per heavy atom. The first-order valence-corrected chi connectivity index (χ1v) is 14.4. The second-order valence-corrected chi connectivity index (χ2v) is 11.2. The van der Waals surface area contributed by atoms with E-state index >= 15 is 0 Å². The van der Waals surface area contributed by atoms with Crippen molar-refractivity contribution in [2.24, 2.45) is 0 Å². The number of hydrogen-bond donors (Lipinski definition) is 2. The van der Waals surface area contributed by atoms with Gasteiger partial charge in [0.25, 0.3) is 0 Å². The van der Waals surface area contributed by atoms with Crippen molar-refractivity contribution >= 4 is 34.8 Å². The number of methoxy groups -OCH3 is 1. The van der Waals surface area contributed by atoms with Crippen molar-refractivity contribution < 1.29 is 14.3 Å². The molecule has 5 rings (SSSR count). The molecule has 2 amide bonds. The minimum atomic E-state index is -1.02. The Balaban J connectivity index is 1.43. The molecule has 3 aromatic rings. The number of rotatable bonds is 9. The van der Waals surface area contributed by atoms with Crippen molar-refractivity contribution in [1.29, 1.82) is 0 Å². The molecule has 41 heavy (non-hydrogen) atoms. The molecule has 2 aliphatic rings. The van der Waals surface area contributed by atoms with E-state index in [-0.39, 0.29) is 24.4 Å². The first-order chi connectivity index (χ1) is 19.9. The molecule has 0 aromatic heterocycles. The van der Waals surface area contributed by atoms with Crippen LogP contribution in [0.4, 0.5) is 5.69 Å². The molecule has 1 atom stereocenters. The number of anilines is 1. The Kier molecular flexibility index (Phi) is 8.85. The third kappa shape index (κ3) is 6.52. The highest BCUT2D eigenvalue weighted by molar-refractivity contribution is 7.80. The monoisotopic (exact) mass is 571 g/mol. The van der Waals surface area contributed by atoms with Crippen LogP contribution in [0.25, 0.3) is 0 Å². The van der Waals surface area contributed by atoms with Crippen LogP contribution < -0.4 is 15.4 Å². The van der Waals surface area contributed by atoms with E-state index in [0.717, 1.165) is 11.1 Å². The molecule has 8 nitrogen and oxygen atoms in total. The number of thiocarbonyl (C=S) groups is 1. The van der Waals surface area contributed by atoms with Crippen LogP contribution in [0.5, 0.6) is 5.75 Å². The van der Waals surface area contributed by atoms with Crippen molar-refractivity contribution in [3.05, 3.63) is 96.1 Å². The maximum atomic E-state index is 14.3. The summed E-state index contributed by atoms with van der Waals surface area (Å²) >= 11 is 5.66. The number of nitrogens with one attached hydrogen (secondary N) is 2. The second kappa shape index (κ2) is 12.7. The van der Waals surface area contributed by atoms with Crippen LogP contribution in [-0.2, 0) is 16.1 Å². The van der Waals surface area contributed by atoms with Gasteiger partial charge in [-0.05, 0) is 67.5 Å². The van der Waals surface area contributed by atoms with Gasteiger partial charge in [-0.2, -0.15) is 0 Å². The first kappa shape index (κ1) is 28.6. The summed E-state index contributed by atoms with van der Waals surface area (Å²) in [5, 5.41) is 7.02. The number of hydrogen-bond acceptors (Lipinski definition) is 5. The van der Waals surface area contributed by atoms with Gasteiger partial charge in [-0.3, -0.25) is 9.59 Å². The molecule has 3 aromatic carbocycles. The highest BCUT2D eigenvalue weighted by atomic mass is 32.1. The molecule has 0 aliphatic carbocycles. The Morgan fingerprint density at radius 1 is 1.00 bits per heavy atom. The Morgan fingerprint density at radius 3 is 2.27 bits per heavy atom. The van der Waals surface area contributed by atoms with Crippen LogP contribution in [0.1, 0.15) is 30.0 Å². The largest absolute Gasteiger partial charge is 0.497 e. The Hall–Kier alpha value is -3.95. The van der Waals surface area contributed by atoms with Gasteiger partial charge in [-0.15, -0.1) is 0 Å². The number of carbonyl (C=O) groups is 2. The average Bonchev–Trinajstić information content (AvgIpc) is 3.37. The number of piperidine rings is 1. The van der Waals surface area contributed by atoms with Gasteiger partial charge in [0.2, 0.25) is 11.8 Å². The summed E-state index contributed by atoms with van der Waals surface area (Å²) in [6.45, 7) is 2.41. The van der Waals surface area contributed by atoms with Crippen molar-refractivity contribution in [3.63, 3.8) is 0 Å². The van der Waals surface area contributed by atoms with Gasteiger partial charge < -0.3 is 30.1 Å². The van der Waals surface area contributed by atoms with Crippen LogP contribution >= 0.6 is 12.2 Å². The minimum Gasteiger partial charge on any atom is -0.497 e. The van der Waals surface area contributed by atoms with Crippen molar-refractivity contribution in [2.75, 3.05) is 45.7 Å². The van der Waals surface area contributed by atoms with Crippen molar-refractivity contribution in [3.8, 4) is 5.75 Å². The highest BCUT2D eigenvalue weighted by Gasteiger charge is 2.48. The van der Waals surface area contributed by atoms with Crippen LogP contribution in [0.2, 0.25) is 0 Å². The van der Waals surface area contributed by atoms with Crippen molar-refractivity contribution in [2.45, 2.75) is 31.0 Å². The number of ether oxygens (including phenoxy) is 1. The van der Waals surface area contributed by atoms with Crippen LogP contribution in [0, 0.1) is 0 Å². The lowest BCUT2D eigenvalue weighted by Crippen LogP contribution is -2.64. The lowest BCUT2D eigenvalue weighted by molar-refractivity contribution is -0.149. The Bertz CT molecular complexity index is 1340. The van der Waals surface area contributed by atoms with E-state index in [4.69, 9.17) is 17.0 Å². The van der Waals surface area contributed by atoms with E-state index < -0.39 is 5.54 Å². The molecule has 0 saturated carbocycles. The summed E-state index contributed by atoms with van der Waals surface area (Å²) in [7, 11) is 3.66. The van der Waals surface area contributed by atoms with E-state index in [1.807, 2.05) is 84.7 Å². The summed E-state index contributed by atoms with van der Waals surface area (Å²) in [6.07, 6.45) is 1.05. The maximum Gasteiger partial charge on any atom is 0.250 e. The molecule has 2 fully saturated rings. The van der Waals surface area contributed by atoms with Gasteiger partial charge in [-0.1, -0.05) is 60.7 Å². The molecular weight excluding hydrogens is 534 g/mol. The fourth-order valence-corrected chi connectivity index (χ4v) is 5.90. The maximum absolute atomic E-state index is 14.3. The fraction of sp³-hybridized carbons (Fsp3) is 0.344. The molecule has 0 spiro atoms. The second-order valence-electron chi connectivity index (χ2n) is 10.8. The minimum absolute atomic E-state index is 0.00901. The SMILES string of the molecule is COc1ccc(NC(=O)C2(N(Cc3ccccc3)C(=O)CN3CC(c4ccccc4)NC3=S)CCN(C)CC2)cc1. The summed E-state index contributed by atoms with van der Waals surface area (Å²) < 4.78 is 5.27. The molecule has 2 saturated heterocycles. The summed E-state index contributed by atoms with van der Waals surface area (Å²) in [6, 6.07) is 27.2. The van der Waals surface area contributed by atoms with Gasteiger partial charge in [0.1, 0.15) is 11.3 Å². The standard InChI is InChI=1S/C32H37N5O3S/c1-35-19-17-32(18-20-35,30(39)33-26-13-15-27(40-2)16-14-26)37(21-24-9-5-3-6-10-24)29(38)23-36-22-28(34-31(36)41)25-11-7-4-8-12-25/h3-16,28H,17-23H2,1-2H3,(H,33,39)(H,34,41). The molecule has 1 unspecified atom stereocenters. The predicted molar refractivity (Wildman–Crippen MR) is 165 cm³/mol. The predicted octanol–water partition coefficient (Wildman–Crippen LogP) is 4.06. The van der Waals surface area contributed by atoms with Crippen LogP contribution in [0.15, 0.2) is 84.9 Å². The molecule has 2 N–H and O–H groups in total. The summed E-state index contributed by atoms with van der Waals surface area (Å²) in [5.41, 5.74) is 1.74. The summed E-state index contributed by atoms with van der Waals surface area (Å²) in [4.78, 5) is 34.4. The topological polar surface area (TPSA) is 77.1 Å². The van der Waals surface area contributed by atoms with Gasteiger partial charge in [-0.25, -0.2) is 0 Å². The lowest BCUT2D eigenvalue weighted by atomic mass is 9.83. The van der Waals surface area contributed by atoms with E-state index in [1.54, 1.807) is 12.0 Å². The first-order valence-electron chi connectivity index (χ1n) is 14.0. The zero-order chi connectivity index (χ0) is 28.8. The molecule has 2 aliphatic heterocycles. The van der Waals surface area contributed by atoms with Gasteiger partial charge in [0.05, 0.1) is 19.7 Å². The van der Waals surface area contributed by atoms with Crippen LogP contribution in [0.3, 0.4) is 0 Å². The number of likely N-dealkylation sites (tertiary alicyclic amines) is 1. The van der Waals surface area contributed by atoms with E-state index in [2.05, 4.69) is 27.7 Å². The third-order valence-corrected chi connectivity index (χ3v) is 8.48. The van der Waals surface area contributed by atoms with E-state index in [9.17, 15) is 9.59 Å². The third-order valence-electron chi connectivity index (χ3n) is 8.10. The molecule has 214 valence electrons. The molecule has 0 radical (unpaired) electrons. The Labute approximate surface area is 247 Å². The number of amides is 2. The van der Waals surface area contributed by atoms with Crippen molar-refractivity contribution in [1.82, 2.24) is 20.0 Å². The van der Waals surface area contributed by atoms with E-state index in [0.29, 0.717) is 55.6 Å². The van der Waals surface area contributed by atoms with Gasteiger partial charge in [0, 0.05) is 31.9 Å². The van der Waals surface area contributed by atoms with Gasteiger partial charge in [0.15, 0.2) is 5.11 Å². The smallest absolute Gasteiger partial charge is 0.250 e. The number of carbonyl (C=O) groups excluding carboxylic acids is 2. The zero-order valence-electron chi connectivity index (χ0n) is 23.6. The quantitative estimate of drug-likeness (QED) is 0.375. The normalized spacial score (nSPS) is 18.4. The highest BCUT2D eigenvalue weighted by Crippen LogP contribution is 2.33. The molecule has 2 heterocycles. The number of benzene rings is 3. The lowest BCUT2D eigenvalue weighted by Gasteiger charge is -2.47. The van der Waals surface area contributed by atoms with E-state index in [1.165, 1.54) is 0 Å². The zero-order valence-corrected chi connectivity index (χ0v) is 24.4. The molecule has 0 bridgehead atoms. The van der Waals surface area contributed by atoms with Crippen LogP contribution in [-0.4, -0.2) is 77.5 Å². The molecular formula is C32H37N5O3S. The van der Waals surface area contributed by atoms with Gasteiger partial charge >= 0.3 is 0 Å². The number of nitrogens with zero attached hydrogens (tertiary/aromatic N) is 3. The summed E-state index contributed by atoms with van der Waals surface area (Å²) in [5.74, 6) is 0.410. The average molecular weight is 572 g/mol. The molecule has 9 heteroatoms.